The van der Waals surface area contributed by atoms with Crippen LogP contribution in [-0.2, 0) is 14.3 Å². The maximum Gasteiger partial charge on any atom is 0.411 e. The van der Waals surface area contributed by atoms with Gasteiger partial charge in [0.15, 0.2) is 0 Å². The van der Waals surface area contributed by atoms with E-state index in [1.54, 1.807) is 38.1 Å². The smallest absolute Gasteiger partial charge is 0.411 e. The molecule has 1 atom stereocenters. The van der Waals surface area contributed by atoms with Crippen molar-refractivity contribution in [1.82, 2.24) is 0 Å². The molecule has 0 radical (unpaired) electrons. The first kappa shape index (κ1) is 14.8. The first-order chi connectivity index (χ1) is 9.06. The summed E-state index contributed by atoms with van der Waals surface area (Å²) in [6.07, 6.45) is -0.494. The predicted molar refractivity (Wildman–Crippen MR) is 72.2 cm³/mol. The summed E-state index contributed by atoms with van der Waals surface area (Å²) in [6.45, 7) is 3.76. The lowest BCUT2D eigenvalue weighted by Crippen LogP contribution is -2.27. The van der Waals surface area contributed by atoms with E-state index in [9.17, 15) is 9.59 Å². The molecule has 0 aliphatic rings. The van der Waals surface area contributed by atoms with E-state index in [0.29, 0.717) is 12.3 Å². The zero-order valence-electron chi connectivity index (χ0n) is 11.2. The molecule has 6 heteroatoms. The van der Waals surface area contributed by atoms with Crippen molar-refractivity contribution in [3.05, 3.63) is 24.3 Å². The minimum atomic E-state index is -0.494. The summed E-state index contributed by atoms with van der Waals surface area (Å²) in [7, 11) is 1.34. The SMILES string of the molecule is CCOC(=O)Nc1ccc(NC(C)C(=O)OC)cc1. The second kappa shape index (κ2) is 7.25. The Hall–Kier alpha value is -2.24. The molecule has 1 aromatic rings. The lowest BCUT2D eigenvalue weighted by molar-refractivity contribution is -0.141. The van der Waals surface area contributed by atoms with Gasteiger partial charge in [-0.15, -0.1) is 0 Å². The second-order valence-electron chi connectivity index (χ2n) is 3.81. The monoisotopic (exact) mass is 266 g/mol. The van der Waals surface area contributed by atoms with Gasteiger partial charge in [0.2, 0.25) is 0 Å². The van der Waals surface area contributed by atoms with Gasteiger partial charge >= 0.3 is 12.1 Å². The van der Waals surface area contributed by atoms with Crippen LogP contribution in [0.25, 0.3) is 0 Å². The highest BCUT2D eigenvalue weighted by Crippen LogP contribution is 2.14. The molecule has 0 saturated carbocycles. The van der Waals surface area contributed by atoms with Crippen LogP contribution in [0.4, 0.5) is 16.2 Å². The summed E-state index contributed by atoms with van der Waals surface area (Å²) < 4.78 is 9.37. The van der Waals surface area contributed by atoms with Crippen molar-refractivity contribution < 1.29 is 19.1 Å². The number of carbonyl (C=O) groups is 2. The second-order valence-corrected chi connectivity index (χ2v) is 3.81. The molecule has 0 fully saturated rings. The van der Waals surface area contributed by atoms with E-state index < -0.39 is 12.1 Å². The summed E-state index contributed by atoms with van der Waals surface area (Å²) in [6, 6.07) is 6.49. The van der Waals surface area contributed by atoms with Crippen molar-refractivity contribution in [2.75, 3.05) is 24.4 Å². The van der Waals surface area contributed by atoms with Gasteiger partial charge < -0.3 is 14.8 Å². The summed E-state index contributed by atoms with van der Waals surface area (Å²) >= 11 is 0. The molecular weight excluding hydrogens is 248 g/mol. The highest BCUT2D eigenvalue weighted by molar-refractivity contribution is 5.85. The van der Waals surface area contributed by atoms with Crippen LogP contribution in [0, 0.1) is 0 Å². The van der Waals surface area contributed by atoms with Crippen LogP contribution in [0.1, 0.15) is 13.8 Å². The lowest BCUT2D eigenvalue weighted by atomic mass is 10.2. The molecule has 1 amide bonds. The van der Waals surface area contributed by atoms with E-state index in [4.69, 9.17) is 4.74 Å². The van der Waals surface area contributed by atoms with E-state index in [-0.39, 0.29) is 5.97 Å². The van der Waals surface area contributed by atoms with Gasteiger partial charge in [0.25, 0.3) is 0 Å². The zero-order valence-corrected chi connectivity index (χ0v) is 11.2. The molecule has 0 spiro atoms. The molecule has 1 unspecified atom stereocenters. The molecule has 0 aliphatic carbocycles. The number of benzene rings is 1. The average Bonchev–Trinajstić information content (AvgIpc) is 2.40. The quantitative estimate of drug-likeness (QED) is 0.799. The Morgan fingerprint density at radius 1 is 1.21 bits per heavy atom. The molecule has 19 heavy (non-hydrogen) atoms. The van der Waals surface area contributed by atoms with Gasteiger partial charge in [-0.25, -0.2) is 9.59 Å². The third-order valence-electron chi connectivity index (χ3n) is 2.34. The Kier molecular flexibility index (Phi) is 5.66. The molecule has 0 aromatic heterocycles. The van der Waals surface area contributed by atoms with Crippen LogP contribution in [0.5, 0.6) is 0 Å². The van der Waals surface area contributed by atoms with Gasteiger partial charge in [0, 0.05) is 11.4 Å². The number of amides is 1. The van der Waals surface area contributed by atoms with E-state index in [0.717, 1.165) is 5.69 Å². The van der Waals surface area contributed by atoms with Crippen molar-refractivity contribution in [2.45, 2.75) is 19.9 Å². The fraction of sp³-hybridized carbons (Fsp3) is 0.385. The maximum atomic E-state index is 11.2. The van der Waals surface area contributed by atoms with Gasteiger partial charge in [-0.05, 0) is 38.1 Å². The van der Waals surface area contributed by atoms with E-state index in [1.165, 1.54) is 7.11 Å². The van der Waals surface area contributed by atoms with Crippen LogP contribution in [0.3, 0.4) is 0 Å². The fourth-order valence-electron chi connectivity index (χ4n) is 1.42. The Morgan fingerprint density at radius 3 is 2.32 bits per heavy atom. The van der Waals surface area contributed by atoms with Crippen LogP contribution >= 0.6 is 0 Å². The zero-order chi connectivity index (χ0) is 14.3. The minimum absolute atomic E-state index is 0.322. The number of rotatable bonds is 5. The number of anilines is 2. The molecular formula is C13H18N2O4. The number of nitrogens with one attached hydrogen (secondary N) is 2. The molecule has 6 nitrogen and oxygen atoms in total. The highest BCUT2D eigenvalue weighted by Gasteiger charge is 2.12. The van der Waals surface area contributed by atoms with Crippen molar-refractivity contribution in [3.63, 3.8) is 0 Å². The lowest BCUT2D eigenvalue weighted by Gasteiger charge is -2.13. The van der Waals surface area contributed by atoms with Gasteiger partial charge in [-0.3, -0.25) is 5.32 Å². The van der Waals surface area contributed by atoms with Crippen molar-refractivity contribution in [2.24, 2.45) is 0 Å². The first-order valence-electron chi connectivity index (χ1n) is 5.95. The fourth-order valence-corrected chi connectivity index (χ4v) is 1.42. The third kappa shape index (κ3) is 4.87. The number of esters is 1. The highest BCUT2D eigenvalue weighted by atomic mass is 16.5. The molecule has 0 saturated heterocycles. The molecule has 104 valence electrons. The van der Waals surface area contributed by atoms with E-state index >= 15 is 0 Å². The minimum Gasteiger partial charge on any atom is -0.467 e. The molecule has 0 heterocycles. The summed E-state index contributed by atoms with van der Waals surface area (Å²) in [5.74, 6) is -0.339. The number of hydrogen-bond acceptors (Lipinski definition) is 5. The largest absolute Gasteiger partial charge is 0.467 e. The Balaban J connectivity index is 2.56. The Morgan fingerprint density at radius 2 is 1.79 bits per heavy atom. The van der Waals surface area contributed by atoms with Crippen LogP contribution in [0.15, 0.2) is 24.3 Å². The third-order valence-corrected chi connectivity index (χ3v) is 2.34. The molecule has 2 N–H and O–H groups in total. The Bertz CT molecular complexity index is 431. The van der Waals surface area contributed by atoms with Crippen LogP contribution in [0.2, 0.25) is 0 Å². The number of methoxy groups -OCH3 is 1. The van der Waals surface area contributed by atoms with Crippen molar-refractivity contribution >= 4 is 23.4 Å². The number of ether oxygens (including phenoxy) is 2. The van der Waals surface area contributed by atoms with Gasteiger partial charge in [0.05, 0.1) is 13.7 Å². The molecule has 0 bridgehead atoms. The predicted octanol–water partition coefficient (Wildman–Crippen LogP) is 2.23. The summed E-state index contributed by atoms with van der Waals surface area (Å²) in [4.78, 5) is 22.4. The van der Waals surface area contributed by atoms with E-state index in [2.05, 4.69) is 15.4 Å². The topological polar surface area (TPSA) is 76.7 Å². The van der Waals surface area contributed by atoms with Gasteiger partial charge in [-0.1, -0.05) is 0 Å². The van der Waals surface area contributed by atoms with Crippen molar-refractivity contribution in [1.29, 1.82) is 0 Å². The molecule has 1 aromatic carbocycles. The van der Waals surface area contributed by atoms with E-state index in [1.807, 2.05) is 0 Å². The normalized spacial score (nSPS) is 11.3. The van der Waals surface area contributed by atoms with Crippen LogP contribution < -0.4 is 10.6 Å². The molecule has 1 rings (SSSR count). The van der Waals surface area contributed by atoms with Gasteiger partial charge in [-0.2, -0.15) is 0 Å². The standard InChI is InChI=1S/C13H18N2O4/c1-4-19-13(17)15-11-7-5-10(6-8-11)14-9(2)12(16)18-3/h5-9,14H,4H2,1-3H3,(H,15,17). The molecule has 0 aliphatic heterocycles. The summed E-state index contributed by atoms with van der Waals surface area (Å²) in [5.41, 5.74) is 1.38. The van der Waals surface area contributed by atoms with Crippen molar-refractivity contribution in [3.8, 4) is 0 Å². The Labute approximate surface area is 112 Å². The average molecular weight is 266 g/mol. The number of carbonyl (C=O) groups excluding carboxylic acids is 2. The first-order valence-corrected chi connectivity index (χ1v) is 5.95. The van der Waals surface area contributed by atoms with Gasteiger partial charge in [0.1, 0.15) is 6.04 Å². The number of hydrogen-bond donors (Lipinski definition) is 2. The van der Waals surface area contributed by atoms with Crippen LogP contribution in [-0.4, -0.2) is 31.8 Å². The summed E-state index contributed by atoms with van der Waals surface area (Å²) in [5, 5.41) is 5.56. The maximum absolute atomic E-state index is 11.2.